The number of benzene rings is 3. The number of nitrogens with two attached hydrogens (primary N) is 3. The molecule has 0 saturated heterocycles. The molecule has 0 aromatic heterocycles. The lowest BCUT2D eigenvalue weighted by Crippen LogP contribution is -2.46. The van der Waals surface area contributed by atoms with Gasteiger partial charge in [0.05, 0.1) is 29.7 Å². The van der Waals surface area contributed by atoms with Gasteiger partial charge in [-0.15, -0.1) is 0 Å². The van der Waals surface area contributed by atoms with Gasteiger partial charge in [-0.25, -0.2) is 13.6 Å². The molecule has 238 valence electrons. The first kappa shape index (κ1) is 34.2. The van der Waals surface area contributed by atoms with Crippen LogP contribution < -0.4 is 26.7 Å². The number of oxime groups is 1. The maximum Gasteiger partial charge on any atom is 0.430 e. The summed E-state index contributed by atoms with van der Waals surface area (Å²) in [6.07, 6.45) is -5.59. The number of esters is 1. The van der Waals surface area contributed by atoms with Crippen molar-refractivity contribution in [3.8, 4) is 11.1 Å². The second-order valence-electron chi connectivity index (χ2n) is 9.45. The number of nitrogens with zero attached hydrogens (tertiary/aromatic N) is 1. The van der Waals surface area contributed by atoms with Crippen molar-refractivity contribution in [3.63, 3.8) is 0 Å². The number of alkyl halides is 3. The minimum Gasteiger partial charge on any atom is -0.542 e. The number of ether oxygens (including phenoxy) is 1. The minimum absolute atomic E-state index is 0.0122. The number of halogens is 3. The standard InChI is InChI=1S/C26H25N5O6S.C2HF3O2/c1-36-23(32)15-26(14-21(31-37-26)17-5-4-6-18(13-17)24(27)28)25(33)30-19-11-9-16(10-12-19)20-7-2-3-8-22(20)38(29,34)35;3-2(4,5)1(6)7/h2-13H,14-15H2,1H3,(H3,27,28)(H,30,33)(H2,29,34,35);(H,6,7)/t26-;/m1./s1. The summed E-state index contributed by atoms with van der Waals surface area (Å²) in [4.78, 5) is 40.0. The van der Waals surface area contributed by atoms with Crippen LogP contribution in [-0.4, -0.2) is 56.7 Å². The first-order valence-electron chi connectivity index (χ1n) is 12.6. The number of hydrogen-bond acceptors (Lipinski definition) is 9. The number of aliphatic carboxylic acids is 1. The number of primary sulfonamides is 1. The number of carbonyl (C=O) groups excluding carboxylic acids is 3. The molecule has 1 heterocycles. The van der Waals surface area contributed by atoms with Crippen LogP contribution in [0.1, 0.15) is 24.0 Å². The Hall–Kier alpha value is -5.29. The van der Waals surface area contributed by atoms with Crippen LogP contribution in [-0.2, 0) is 34.0 Å². The van der Waals surface area contributed by atoms with Crippen LogP contribution in [0.15, 0.2) is 82.8 Å². The summed E-state index contributed by atoms with van der Waals surface area (Å²) >= 11 is 0. The third-order valence-corrected chi connectivity index (χ3v) is 7.23. The number of carbonyl (C=O) groups is 3. The van der Waals surface area contributed by atoms with Crippen molar-refractivity contribution in [2.75, 3.05) is 12.4 Å². The molecule has 1 aliphatic rings. The van der Waals surface area contributed by atoms with E-state index in [1.54, 1.807) is 66.7 Å². The number of amides is 1. The molecule has 0 spiro atoms. The normalized spacial score (nSPS) is 15.9. The van der Waals surface area contributed by atoms with Crippen LogP contribution in [0, 0.1) is 0 Å². The van der Waals surface area contributed by atoms with Crippen LogP contribution in [0.5, 0.6) is 0 Å². The number of carboxylic acid groups (broad SMARTS) is 1. The van der Waals surface area contributed by atoms with Gasteiger partial charge < -0.3 is 24.8 Å². The van der Waals surface area contributed by atoms with E-state index >= 15 is 0 Å². The minimum atomic E-state index is -5.19. The molecule has 0 bridgehead atoms. The van der Waals surface area contributed by atoms with Gasteiger partial charge in [-0.2, -0.15) is 13.2 Å². The maximum absolute atomic E-state index is 13.4. The first-order valence-corrected chi connectivity index (χ1v) is 14.1. The first-order chi connectivity index (χ1) is 21.0. The van der Waals surface area contributed by atoms with Crippen molar-refractivity contribution in [2.24, 2.45) is 16.0 Å². The van der Waals surface area contributed by atoms with E-state index in [0.717, 1.165) is 0 Å². The molecule has 17 heteroatoms. The summed E-state index contributed by atoms with van der Waals surface area (Å²) in [6.45, 7) is 0. The Morgan fingerprint density at radius 3 is 2.24 bits per heavy atom. The molecule has 3 aromatic rings. The lowest BCUT2D eigenvalue weighted by Gasteiger charge is -2.24. The van der Waals surface area contributed by atoms with E-state index < -0.39 is 39.6 Å². The molecule has 4 rings (SSSR count). The Bertz CT molecular complexity index is 1760. The second kappa shape index (κ2) is 13.6. The van der Waals surface area contributed by atoms with Gasteiger partial charge in [0.25, 0.3) is 11.7 Å². The monoisotopic (exact) mass is 649 g/mol. The van der Waals surface area contributed by atoms with Crippen LogP contribution in [0.25, 0.3) is 11.1 Å². The SMILES string of the molecule is COC(=O)C[C@@]1(C(=O)Nc2ccc(-c3ccccc3S(N)(=O)=O)cc2)CC(c2cccc(C(N)=[NH2+])c2)=NO1.O=C([O-])C(F)(F)F. The number of sulfonamides is 1. The summed E-state index contributed by atoms with van der Waals surface area (Å²) in [7, 11) is -2.72. The molecule has 0 unspecified atom stereocenters. The van der Waals surface area contributed by atoms with E-state index in [1.807, 2.05) is 0 Å². The summed E-state index contributed by atoms with van der Waals surface area (Å²) in [6, 6.07) is 19.7. The highest BCUT2D eigenvalue weighted by molar-refractivity contribution is 7.89. The number of hydrogen-bond donors (Lipinski definition) is 4. The predicted molar refractivity (Wildman–Crippen MR) is 151 cm³/mol. The van der Waals surface area contributed by atoms with Crippen molar-refractivity contribution in [2.45, 2.75) is 29.5 Å². The number of anilines is 1. The van der Waals surface area contributed by atoms with E-state index in [4.69, 9.17) is 35.8 Å². The molecule has 1 aliphatic heterocycles. The average Bonchev–Trinajstić information content (AvgIpc) is 3.42. The highest BCUT2D eigenvalue weighted by Crippen LogP contribution is 2.33. The number of amidine groups is 1. The zero-order valence-corrected chi connectivity index (χ0v) is 24.1. The van der Waals surface area contributed by atoms with Crippen molar-refractivity contribution in [3.05, 3.63) is 83.9 Å². The lowest BCUT2D eigenvalue weighted by atomic mass is 9.89. The van der Waals surface area contributed by atoms with Gasteiger partial charge in [-0.05, 0) is 35.9 Å². The summed E-state index contributed by atoms with van der Waals surface area (Å²) in [5.41, 5.74) is 7.08. The third kappa shape index (κ3) is 8.64. The van der Waals surface area contributed by atoms with Gasteiger partial charge in [-0.3, -0.25) is 20.7 Å². The fraction of sp³-hybridized carbons (Fsp3) is 0.179. The van der Waals surface area contributed by atoms with Gasteiger partial charge in [0.15, 0.2) is 0 Å². The molecule has 1 amide bonds. The molecular weight excluding hydrogens is 623 g/mol. The van der Waals surface area contributed by atoms with E-state index in [0.29, 0.717) is 33.7 Å². The number of carboxylic acids is 1. The summed E-state index contributed by atoms with van der Waals surface area (Å²) < 4.78 is 60.3. The van der Waals surface area contributed by atoms with E-state index in [9.17, 15) is 31.2 Å². The Labute approximate surface area is 254 Å². The van der Waals surface area contributed by atoms with Gasteiger partial charge in [0, 0.05) is 23.2 Å². The highest BCUT2D eigenvalue weighted by Gasteiger charge is 2.49. The van der Waals surface area contributed by atoms with Gasteiger partial charge in [-0.1, -0.05) is 47.6 Å². The molecule has 0 saturated carbocycles. The fourth-order valence-corrected chi connectivity index (χ4v) is 4.80. The van der Waals surface area contributed by atoms with E-state index in [1.165, 1.54) is 13.2 Å². The Kier molecular flexibility index (Phi) is 10.3. The Morgan fingerprint density at radius 1 is 1.07 bits per heavy atom. The molecule has 7 N–H and O–H groups in total. The molecule has 0 fully saturated rings. The smallest absolute Gasteiger partial charge is 0.430 e. The average molecular weight is 650 g/mol. The molecule has 0 radical (unpaired) electrons. The van der Waals surface area contributed by atoms with Crippen molar-refractivity contribution in [1.82, 2.24) is 0 Å². The molecule has 45 heavy (non-hydrogen) atoms. The molecule has 0 aliphatic carbocycles. The lowest BCUT2D eigenvalue weighted by molar-refractivity contribution is -0.344. The van der Waals surface area contributed by atoms with Crippen LogP contribution in [0.3, 0.4) is 0 Å². The van der Waals surface area contributed by atoms with Crippen LogP contribution in [0.4, 0.5) is 18.9 Å². The third-order valence-electron chi connectivity index (χ3n) is 6.26. The summed E-state index contributed by atoms with van der Waals surface area (Å²) in [5.74, 6) is -4.15. The van der Waals surface area contributed by atoms with E-state index in [2.05, 4.69) is 10.5 Å². The zero-order chi connectivity index (χ0) is 33.6. The Balaban J connectivity index is 0.000000707. The van der Waals surface area contributed by atoms with Gasteiger partial charge >= 0.3 is 12.1 Å². The topological polar surface area (TPSA) is 229 Å². The summed E-state index contributed by atoms with van der Waals surface area (Å²) in [5, 5.41) is 26.7. The second-order valence-corrected chi connectivity index (χ2v) is 11.0. The Morgan fingerprint density at radius 2 is 1.69 bits per heavy atom. The number of nitrogens with one attached hydrogen (secondary N) is 1. The molecule has 13 nitrogen and oxygen atoms in total. The number of rotatable bonds is 8. The van der Waals surface area contributed by atoms with Crippen LogP contribution >= 0.6 is 0 Å². The predicted octanol–water partition coefficient (Wildman–Crippen LogP) is -0.171. The van der Waals surface area contributed by atoms with Gasteiger partial charge in [0.2, 0.25) is 15.6 Å². The molecular formula is C28H26F3N5O8S. The van der Waals surface area contributed by atoms with Gasteiger partial charge in [0.1, 0.15) is 5.97 Å². The molecule has 1 atom stereocenters. The van der Waals surface area contributed by atoms with E-state index in [-0.39, 0.29) is 23.6 Å². The van der Waals surface area contributed by atoms with Crippen LogP contribution in [0.2, 0.25) is 0 Å². The van der Waals surface area contributed by atoms with Crippen molar-refractivity contribution < 1.29 is 56.1 Å². The number of methoxy groups -OCH3 is 1. The van der Waals surface area contributed by atoms with Crippen molar-refractivity contribution >= 4 is 45.1 Å². The quantitative estimate of drug-likeness (QED) is 0.144. The highest BCUT2D eigenvalue weighted by atomic mass is 32.2. The fourth-order valence-electron chi connectivity index (χ4n) is 4.04. The zero-order valence-electron chi connectivity index (χ0n) is 23.3. The van der Waals surface area contributed by atoms with Crippen molar-refractivity contribution in [1.29, 1.82) is 0 Å². The maximum atomic E-state index is 13.4. The largest absolute Gasteiger partial charge is 0.542 e. The molecule has 3 aromatic carbocycles.